The summed E-state index contributed by atoms with van der Waals surface area (Å²) < 4.78 is 44.6. The lowest BCUT2D eigenvalue weighted by Crippen LogP contribution is -2.57. The largest absolute Gasteiger partial charge is 0.484 e. The number of nitrogens with zero attached hydrogens (tertiary/aromatic N) is 1. The monoisotopic (exact) mass is 330 g/mol. The number of hydrogen-bond acceptors (Lipinski definition) is 3. The fourth-order valence-electron chi connectivity index (χ4n) is 2.80. The van der Waals surface area contributed by atoms with Gasteiger partial charge in [0.25, 0.3) is 5.91 Å². The van der Waals surface area contributed by atoms with Crippen molar-refractivity contribution in [2.24, 2.45) is 5.73 Å². The number of carbonyl (C=O) groups excluding carboxylic acids is 1. The number of halogens is 3. The van der Waals surface area contributed by atoms with E-state index in [1.165, 1.54) is 0 Å². The highest BCUT2D eigenvalue weighted by atomic mass is 19.4. The lowest BCUT2D eigenvalue weighted by Gasteiger charge is -2.39. The van der Waals surface area contributed by atoms with Crippen LogP contribution in [0.25, 0.3) is 0 Å². The minimum absolute atomic E-state index is 0.0980. The molecule has 0 radical (unpaired) electrons. The quantitative estimate of drug-likeness (QED) is 0.927. The Hall–Kier alpha value is -1.76. The zero-order chi connectivity index (χ0) is 17.2. The van der Waals surface area contributed by atoms with Gasteiger partial charge >= 0.3 is 6.18 Å². The molecule has 4 nitrogen and oxygen atoms in total. The Morgan fingerprint density at radius 2 is 2.04 bits per heavy atom. The first-order valence-corrected chi connectivity index (χ1v) is 7.50. The van der Waals surface area contributed by atoms with Gasteiger partial charge in [0.2, 0.25) is 0 Å². The molecular weight excluding hydrogens is 309 g/mol. The topological polar surface area (TPSA) is 55.6 Å². The summed E-state index contributed by atoms with van der Waals surface area (Å²) in [5.41, 5.74) is 7.59. The van der Waals surface area contributed by atoms with Gasteiger partial charge in [-0.2, -0.15) is 13.2 Å². The molecule has 1 aromatic carbocycles. The minimum atomic E-state index is -4.45. The molecule has 2 rings (SSSR count). The molecule has 0 bridgehead atoms. The average Bonchev–Trinajstić information content (AvgIpc) is 2.44. The van der Waals surface area contributed by atoms with Gasteiger partial charge < -0.3 is 15.4 Å². The number of piperidine rings is 1. The van der Waals surface area contributed by atoms with Gasteiger partial charge in [-0.3, -0.25) is 4.79 Å². The number of carbonyl (C=O) groups is 1. The van der Waals surface area contributed by atoms with Crippen molar-refractivity contribution < 1.29 is 22.7 Å². The molecule has 0 aliphatic carbocycles. The summed E-state index contributed by atoms with van der Waals surface area (Å²) in [6.45, 7) is 3.22. The molecule has 0 aromatic heterocycles. The van der Waals surface area contributed by atoms with Gasteiger partial charge in [0.1, 0.15) is 11.8 Å². The Bertz CT molecular complexity index is 575. The fraction of sp³-hybridized carbons (Fsp3) is 0.562. The molecule has 128 valence electrons. The van der Waals surface area contributed by atoms with Gasteiger partial charge in [0.05, 0.1) is 0 Å². The second-order valence-electron chi connectivity index (χ2n) is 6.00. The molecule has 0 spiro atoms. The third-order valence-electron chi connectivity index (χ3n) is 4.00. The first kappa shape index (κ1) is 17.6. The third kappa shape index (κ3) is 4.37. The number of benzene rings is 1. The molecule has 2 N–H and O–H groups in total. The molecule has 1 heterocycles. The van der Waals surface area contributed by atoms with E-state index in [1.54, 1.807) is 6.07 Å². The van der Waals surface area contributed by atoms with Crippen LogP contribution in [0.4, 0.5) is 13.2 Å². The molecule has 1 saturated heterocycles. The predicted molar refractivity (Wildman–Crippen MR) is 80.2 cm³/mol. The summed E-state index contributed by atoms with van der Waals surface area (Å²) in [5.74, 6) is -0.198. The predicted octanol–water partition coefficient (Wildman–Crippen LogP) is 2.56. The van der Waals surface area contributed by atoms with Gasteiger partial charge in [0, 0.05) is 12.6 Å². The Balaban J connectivity index is 2.05. The minimum Gasteiger partial charge on any atom is -0.484 e. The zero-order valence-electron chi connectivity index (χ0n) is 13.2. The number of ether oxygens (including phenoxy) is 1. The van der Waals surface area contributed by atoms with Crippen LogP contribution in [-0.2, 0) is 4.79 Å². The fourth-order valence-corrected chi connectivity index (χ4v) is 2.80. The summed E-state index contributed by atoms with van der Waals surface area (Å²) in [4.78, 5) is 13.0. The second kappa shape index (κ2) is 6.78. The van der Waals surface area contributed by atoms with Crippen molar-refractivity contribution in [3.8, 4) is 5.75 Å². The van der Waals surface area contributed by atoms with Crippen LogP contribution in [-0.4, -0.2) is 42.2 Å². The number of aryl methyl sites for hydroxylation is 2. The molecule has 0 saturated carbocycles. The van der Waals surface area contributed by atoms with Crippen molar-refractivity contribution in [3.63, 3.8) is 0 Å². The molecule has 23 heavy (non-hydrogen) atoms. The van der Waals surface area contributed by atoms with E-state index in [2.05, 4.69) is 0 Å². The Labute approximate surface area is 133 Å². The van der Waals surface area contributed by atoms with Crippen molar-refractivity contribution in [2.45, 2.75) is 44.9 Å². The normalized spacial score (nSPS) is 22.1. The summed E-state index contributed by atoms with van der Waals surface area (Å²) in [6, 6.07) is 3.20. The molecule has 1 amide bonds. The summed E-state index contributed by atoms with van der Waals surface area (Å²) in [5, 5.41) is 0. The molecule has 7 heteroatoms. The highest BCUT2D eigenvalue weighted by Crippen LogP contribution is 2.31. The van der Waals surface area contributed by atoms with E-state index < -0.39 is 30.8 Å². The van der Waals surface area contributed by atoms with Gasteiger partial charge in [-0.1, -0.05) is 17.7 Å². The number of amides is 1. The summed E-state index contributed by atoms with van der Waals surface area (Å²) >= 11 is 0. The van der Waals surface area contributed by atoms with E-state index in [1.807, 2.05) is 26.0 Å². The van der Waals surface area contributed by atoms with E-state index in [9.17, 15) is 18.0 Å². The van der Waals surface area contributed by atoms with Crippen LogP contribution in [0.15, 0.2) is 18.2 Å². The number of hydrogen-bond donors (Lipinski definition) is 1. The average molecular weight is 330 g/mol. The maximum atomic E-state index is 13.1. The highest BCUT2D eigenvalue weighted by molar-refractivity contribution is 5.78. The maximum absolute atomic E-state index is 13.1. The van der Waals surface area contributed by atoms with Crippen molar-refractivity contribution in [3.05, 3.63) is 29.3 Å². The van der Waals surface area contributed by atoms with Crippen LogP contribution in [0, 0.1) is 13.8 Å². The van der Waals surface area contributed by atoms with Crippen molar-refractivity contribution >= 4 is 5.91 Å². The Kier molecular flexibility index (Phi) is 5.19. The number of nitrogens with two attached hydrogens (primary N) is 1. The van der Waals surface area contributed by atoms with Gasteiger partial charge in [-0.05, 0) is 38.3 Å². The van der Waals surface area contributed by atoms with E-state index in [0.29, 0.717) is 5.75 Å². The zero-order valence-corrected chi connectivity index (χ0v) is 13.2. The second-order valence-corrected chi connectivity index (χ2v) is 6.00. The van der Waals surface area contributed by atoms with Crippen molar-refractivity contribution in [2.75, 3.05) is 13.2 Å². The summed E-state index contributed by atoms with van der Waals surface area (Å²) in [6.07, 6.45) is -4.36. The van der Waals surface area contributed by atoms with Crippen LogP contribution in [0.5, 0.6) is 5.75 Å². The molecular formula is C16H21F3N2O2. The van der Waals surface area contributed by atoms with Crippen LogP contribution in [0.1, 0.15) is 24.0 Å². The van der Waals surface area contributed by atoms with Gasteiger partial charge in [-0.15, -0.1) is 0 Å². The van der Waals surface area contributed by atoms with Crippen molar-refractivity contribution in [1.82, 2.24) is 4.90 Å². The molecule has 1 aliphatic rings. The molecule has 1 fully saturated rings. The Morgan fingerprint density at radius 1 is 1.35 bits per heavy atom. The third-order valence-corrected chi connectivity index (χ3v) is 4.00. The number of likely N-dealkylation sites (tertiary alicyclic amines) is 1. The lowest BCUT2D eigenvalue weighted by molar-refractivity contribution is -0.197. The van der Waals surface area contributed by atoms with Crippen molar-refractivity contribution in [1.29, 1.82) is 0 Å². The summed E-state index contributed by atoms with van der Waals surface area (Å²) in [7, 11) is 0. The molecule has 1 aromatic rings. The van der Waals surface area contributed by atoms with E-state index in [0.717, 1.165) is 16.0 Å². The molecule has 2 unspecified atom stereocenters. The van der Waals surface area contributed by atoms with Crippen LogP contribution < -0.4 is 10.5 Å². The van der Waals surface area contributed by atoms with Crippen LogP contribution in [0.2, 0.25) is 0 Å². The highest BCUT2D eigenvalue weighted by Gasteiger charge is 2.47. The van der Waals surface area contributed by atoms with E-state index >= 15 is 0 Å². The first-order chi connectivity index (χ1) is 10.7. The SMILES string of the molecule is Cc1ccc(OCC(=O)N2CC(N)CCC2C(F)(F)F)c(C)c1. The first-order valence-electron chi connectivity index (χ1n) is 7.50. The van der Waals surface area contributed by atoms with Crippen LogP contribution in [0.3, 0.4) is 0 Å². The number of rotatable bonds is 3. The molecule has 1 aliphatic heterocycles. The maximum Gasteiger partial charge on any atom is 0.408 e. The lowest BCUT2D eigenvalue weighted by atomic mass is 9.98. The Morgan fingerprint density at radius 3 is 2.65 bits per heavy atom. The molecule has 2 atom stereocenters. The van der Waals surface area contributed by atoms with E-state index in [-0.39, 0.29) is 19.4 Å². The standard InChI is InChI=1S/C16H21F3N2O2/c1-10-3-5-13(11(2)7-10)23-9-15(22)21-8-12(20)4-6-14(21)16(17,18)19/h3,5,7,12,14H,4,6,8-9,20H2,1-2H3. The smallest absolute Gasteiger partial charge is 0.408 e. The van der Waals surface area contributed by atoms with Gasteiger partial charge in [-0.25, -0.2) is 0 Å². The van der Waals surface area contributed by atoms with Crippen LogP contribution >= 0.6 is 0 Å². The van der Waals surface area contributed by atoms with E-state index in [4.69, 9.17) is 10.5 Å². The van der Waals surface area contributed by atoms with Gasteiger partial charge in [0.15, 0.2) is 6.61 Å². The number of alkyl halides is 3.